The van der Waals surface area contributed by atoms with E-state index < -0.39 is 5.25 Å². The monoisotopic (exact) mass is 440 g/mol. The highest BCUT2D eigenvalue weighted by molar-refractivity contribution is 8.15. The first-order valence-electron chi connectivity index (χ1n) is 10.3. The van der Waals surface area contributed by atoms with Gasteiger partial charge >= 0.3 is 0 Å². The Bertz CT molecular complexity index is 966. The number of aliphatic imine (C=N–C) groups is 1. The van der Waals surface area contributed by atoms with Gasteiger partial charge in [-0.15, -0.1) is 0 Å². The van der Waals surface area contributed by atoms with Crippen LogP contribution in [0, 0.1) is 0 Å². The second-order valence-corrected chi connectivity index (χ2v) is 8.65. The molecule has 31 heavy (non-hydrogen) atoms. The smallest absolute Gasteiger partial charge is 0.262 e. The van der Waals surface area contributed by atoms with Crippen molar-refractivity contribution in [3.63, 3.8) is 0 Å². The molecule has 1 atom stereocenters. The molecule has 2 aromatic rings. The minimum atomic E-state index is -0.483. The third kappa shape index (κ3) is 5.55. The van der Waals surface area contributed by atoms with Crippen LogP contribution in [0.4, 0.5) is 5.69 Å². The molecule has 3 heterocycles. The average Bonchev–Trinajstić information content (AvgIpc) is 3.43. The number of amides is 3. The molecule has 8 nitrogen and oxygen atoms in total. The van der Waals surface area contributed by atoms with Crippen LogP contribution in [0.15, 0.2) is 52.1 Å². The lowest BCUT2D eigenvalue weighted by atomic mass is 10.1. The SMILES string of the molecule is O=C(CC1SC(N2CCCCC2)=NC1=O)Nc1ccc(C(=O)NCc2ccco2)cc1. The number of hydrogen-bond acceptors (Lipinski definition) is 6. The normalized spacial score (nSPS) is 18.6. The zero-order chi connectivity index (χ0) is 21.6. The number of likely N-dealkylation sites (tertiary alicyclic amines) is 1. The molecule has 0 spiro atoms. The Morgan fingerprint density at radius 1 is 1.13 bits per heavy atom. The predicted molar refractivity (Wildman–Crippen MR) is 119 cm³/mol. The third-order valence-electron chi connectivity index (χ3n) is 5.16. The van der Waals surface area contributed by atoms with Gasteiger partial charge in [-0.2, -0.15) is 4.99 Å². The Morgan fingerprint density at radius 2 is 1.90 bits per heavy atom. The van der Waals surface area contributed by atoms with E-state index in [4.69, 9.17) is 4.42 Å². The zero-order valence-corrected chi connectivity index (χ0v) is 17.8. The number of nitrogens with one attached hydrogen (secondary N) is 2. The highest BCUT2D eigenvalue weighted by Gasteiger charge is 2.33. The van der Waals surface area contributed by atoms with Crippen LogP contribution in [0.5, 0.6) is 0 Å². The first kappa shape index (κ1) is 21.2. The topological polar surface area (TPSA) is 104 Å². The maximum atomic E-state index is 12.4. The number of piperidine rings is 1. The minimum Gasteiger partial charge on any atom is -0.467 e. The standard InChI is InChI=1S/C22H24N4O4S/c27-19(13-18-21(29)25-22(31-18)26-10-2-1-3-11-26)24-16-8-6-15(7-9-16)20(28)23-14-17-5-4-12-30-17/h4-9,12,18H,1-3,10-11,13-14H2,(H,23,28)(H,24,27). The summed E-state index contributed by atoms with van der Waals surface area (Å²) in [6, 6.07) is 10.2. The van der Waals surface area contributed by atoms with E-state index in [1.54, 1.807) is 42.7 Å². The van der Waals surface area contributed by atoms with Crippen LogP contribution in [0.25, 0.3) is 0 Å². The summed E-state index contributed by atoms with van der Waals surface area (Å²) >= 11 is 1.38. The lowest BCUT2D eigenvalue weighted by Gasteiger charge is -2.27. The fraction of sp³-hybridized carbons (Fsp3) is 0.364. The summed E-state index contributed by atoms with van der Waals surface area (Å²) in [5.41, 5.74) is 1.05. The van der Waals surface area contributed by atoms with Crippen LogP contribution in [-0.4, -0.2) is 46.1 Å². The molecule has 9 heteroatoms. The third-order valence-corrected chi connectivity index (χ3v) is 6.37. The van der Waals surface area contributed by atoms with Crippen LogP contribution >= 0.6 is 11.8 Å². The lowest BCUT2D eigenvalue weighted by Crippen LogP contribution is -2.33. The Balaban J connectivity index is 1.25. The van der Waals surface area contributed by atoms with Crippen molar-refractivity contribution in [1.82, 2.24) is 10.2 Å². The Kier molecular flexibility index (Phi) is 6.71. The quantitative estimate of drug-likeness (QED) is 0.716. The molecule has 1 fully saturated rings. The number of amidine groups is 1. The van der Waals surface area contributed by atoms with E-state index in [9.17, 15) is 14.4 Å². The van der Waals surface area contributed by atoms with Crippen molar-refractivity contribution in [1.29, 1.82) is 0 Å². The van der Waals surface area contributed by atoms with Gasteiger partial charge in [0.25, 0.3) is 11.8 Å². The van der Waals surface area contributed by atoms with Gasteiger partial charge in [-0.05, 0) is 55.7 Å². The van der Waals surface area contributed by atoms with Gasteiger partial charge in [-0.25, -0.2) is 0 Å². The molecule has 162 valence electrons. The van der Waals surface area contributed by atoms with Gasteiger partial charge in [-0.3, -0.25) is 14.4 Å². The fourth-order valence-electron chi connectivity index (χ4n) is 3.50. The predicted octanol–water partition coefficient (Wildman–Crippen LogP) is 3.02. The summed E-state index contributed by atoms with van der Waals surface area (Å²) in [5, 5.41) is 5.82. The summed E-state index contributed by atoms with van der Waals surface area (Å²) in [5.74, 6) is -0.0612. The van der Waals surface area contributed by atoms with Crippen LogP contribution in [0.3, 0.4) is 0 Å². The molecule has 1 aromatic heterocycles. The molecule has 0 saturated carbocycles. The Morgan fingerprint density at radius 3 is 2.61 bits per heavy atom. The number of carbonyl (C=O) groups is 3. The maximum absolute atomic E-state index is 12.4. The Hall–Kier alpha value is -3.07. The second-order valence-electron chi connectivity index (χ2n) is 7.48. The van der Waals surface area contributed by atoms with Crippen molar-refractivity contribution in [2.24, 2.45) is 4.99 Å². The molecule has 2 aliphatic heterocycles. The molecule has 0 radical (unpaired) electrons. The van der Waals surface area contributed by atoms with Gasteiger partial charge in [-0.1, -0.05) is 11.8 Å². The van der Waals surface area contributed by atoms with Crippen molar-refractivity contribution in [3.8, 4) is 0 Å². The van der Waals surface area contributed by atoms with Gasteiger partial charge < -0.3 is 20.0 Å². The number of hydrogen-bond donors (Lipinski definition) is 2. The number of furan rings is 1. The Labute approximate surface area is 184 Å². The molecule has 1 aromatic carbocycles. The van der Waals surface area contributed by atoms with Crippen LogP contribution in [0.2, 0.25) is 0 Å². The molecular formula is C22H24N4O4S. The highest BCUT2D eigenvalue weighted by atomic mass is 32.2. The fourth-order valence-corrected chi connectivity index (χ4v) is 4.61. The van der Waals surface area contributed by atoms with E-state index in [1.165, 1.54) is 18.2 Å². The number of anilines is 1. The van der Waals surface area contributed by atoms with E-state index in [2.05, 4.69) is 20.5 Å². The molecule has 1 unspecified atom stereocenters. The van der Waals surface area contributed by atoms with Gasteiger partial charge in [0.1, 0.15) is 11.0 Å². The number of thioether (sulfide) groups is 1. The molecular weight excluding hydrogens is 416 g/mol. The summed E-state index contributed by atoms with van der Waals surface area (Å²) in [7, 11) is 0. The number of nitrogens with zero attached hydrogens (tertiary/aromatic N) is 2. The maximum Gasteiger partial charge on any atom is 0.262 e. The number of carbonyl (C=O) groups excluding carboxylic acids is 3. The molecule has 0 bridgehead atoms. The van der Waals surface area contributed by atoms with E-state index in [-0.39, 0.29) is 24.1 Å². The number of rotatable bonds is 6. The summed E-state index contributed by atoms with van der Waals surface area (Å²) in [6.45, 7) is 2.14. The van der Waals surface area contributed by atoms with Gasteiger partial charge in [0.05, 0.1) is 12.8 Å². The van der Waals surface area contributed by atoms with Crippen molar-refractivity contribution >= 4 is 40.3 Å². The molecule has 0 aliphatic carbocycles. The summed E-state index contributed by atoms with van der Waals surface area (Å²) in [4.78, 5) is 43.1. The van der Waals surface area contributed by atoms with Gasteiger partial charge in [0, 0.05) is 30.8 Å². The minimum absolute atomic E-state index is 0.0652. The molecule has 2 N–H and O–H groups in total. The first-order valence-corrected chi connectivity index (χ1v) is 11.2. The van der Waals surface area contributed by atoms with Crippen molar-refractivity contribution in [3.05, 3.63) is 54.0 Å². The first-order chi connectivity index (χ1) is 15.1. The largest absolute Gasteiger partial charge is 0.467 e. The van der Waals surface area contributed by atoms with E-state index in [0.717, 1.165) is 31.1 Å². The van der Waals surface area contributed by atoms with Gasteiger partial charge in [0.15, 0.2) is 5.17 Å². The van der Waals surface area contributed by atoms with Crippen molar-refractivity contribution in [2.75, 3.05) is 18.4 Å². The summed E-state index contributed by atoms with van der Waals surface area (Å²) < 4.78 is 5.19. The molecule has 1 saturated heterocycles. The lowest BCUT2D eigenvalue weighted by molar-refractivity contribution is -0.121. The van der Waals surface area contributed by atoms with Crippen LogP contribution in [-0.2, 0) is 16.1 Å². The van der Waals surface area contributed by atoms with Gasteiger partial charge in [0.2, 0.25) is 5.91 Å². The van der Waals surface area contributed by atoms with Crippen molar-refractivity contribution < 1.29 is 18.8 Å². The van der Waals surface area contributed by atoms with E-state index >= 15 is 0 Å². The second kappa shape index (κ2) is 9.82. The molecule has 4 rings (SSSR count). The average molecular weight is 441 g/mol. The van der Waals surface area contributed by atoms with E-state index in [1.807, 2.05) is 0 Å². The van der Waals surface area contributed by atoms with Crippen LogP contribution < -0.4 is 10.6 Å². The molecule has 3 amide bonds. The van der Waals surface area contributed by atoms with E-state index in [0.29, 0.717) is 23.6 Å². The summed E-state index contributed by atoms with van der Waals surface area (Å²) in [6.07, 6.45) is 5.04. The molecule has 2 aliphatic rings. The zero-order valence-electron chi connectivity index (χ0n) is 17.0. The van der Waals surface area contributed by atoms with Crippen molar-refractivity contribution in [2.45, 2.75) is 37.5 Å². The number of benzene rings is 1. The highest BCUT2D eigenvalue weighted by Crippen LogP contribution is 2.29. The van der Waals surface area contributed by atoms with Crippen LogP contribution in [0.1, 0.15) is 41.8 Å².